The molecule has 2 unspecified atom stereocenters. The third-order valence-corrected chi connectivity index (χ3v) is 15.2. The maximum atomic E-state index is 12.4. The van der Waals surface area contributed by atoms with Crippen molar-refractivity contribution in [1.29, 1.82) is 0 Å². The van der Waals surface area contributed by atoms with Gasteiger partial charge in [0, 0.05) is 53.0 Å². The number of hydrogen-bond donors (Lipinski definition) is 5. The lowest BCUT2D eigenvalue weighted by Gasteiger charge is -2.30. The number of fused-ring (bicyclic) bond motifs is 2. The van der Waals surface area contributed by atoms with E-state index in [0.717, 1.165) is 17.0 Å². The van der Waals surface area contributed by atoms with E-state index in [-0.39, 0.29) is 29.1 Å². The monoisotopic (exact) mass is 963 g/mol. The van der Waals surface area contributed by atoms with E-state index >= 15 is 0 Å². The molecule has 20 heteroatoms. The van der Waals surface area contributed by atoms with Gasteiger partial charge < -0.3 is 10.0 Å². The van der Waals surface area contributed by atoms with Crippen LogP contribution in [0.2, 0.25) is 0 Å². The van der Waals surface area contributed by atoms with E-state index in [1.54, 1.807) is 30.4 Å². The van der Waals surface area contributed by atoms with Crippen LogP contribution in [0, 0.1) is 0 Å². The second-order valence-electron chi connectivity index (χ2n) is 16.6. The molecule has 5 rings (SSSR count). The second kappa shape index (κ2) is 20.3. The highest BCUT2D eigenvalue weighted by molar-refractivity contribution is 7.86. The van der Waals surface area contributed by atoms with Crippen LogP contribution in [-0.2, 0) is 62.6 Å². The first kappa shape index (κ1) is 50.5. The standard InChI is InChI=1S/C44H54N2O14S4/c1-43(25-11-14-28-61(49,50)51)36-30-34(63(55,56)57)21-23-38(36)45(27-13-5-10-20-42(47)48)40(43)18-8-4-9-19-41-44(2,26-12-15-29-62(52,53)54)37-31-35(64(58,59)60)22-24-39(37)46(41)32-33-16-6-3-7-17-33/h3-4,6-9,16-19,21-24,30-31H,5,10-15,20,25-29,32H2,1-2H3,(H4-,47,48,49,50,51,52,53,54,55,56,57,58,59,60)/p+1. The van der Waals surface area contributed by atoms with Crippen molar-refractivity contribution in [3.05, 3.63) is 119 Å². The molecule has 2 atom stereocenters. The minimum Gasteiger partial charge on any atom is -0.481 e. The van der Waals surface area contributed by atoms with Crippen LogP contribution < -0.4 is 4.90 Å². The highest BCUT2D eigenvalue weighted by Gasteiger charge is 2.48. The average molecular weight is 964 g/mol. The zero-order valence-corrected chi connectivity index (χ0v) is 38.8. The Balaban J connectivity index is 1.60. The lowest BCUT2D eigenvalue weighted by atomic mass is 9.75. The largest absolute Gasteiger partial charge is 0.481 e. The van der Waals surface area contributed by atoms with Crippen LogP contribution in [0.1, 0.15) is 94.7 Å². The topological polar surface area (TPSA) is 261 Å². The molecule has 5 N–H and O–H groups in total. The number of allylic oxidation sites excluding steroid dienone is 6. The van der Waals surface area contributed by atoms with Crippen molar-refractivity contribution in [2.45, 2.75) is 105 Å². The quantitative estimate of drug-likeness (QED) is 0.0271. The third-order valence-electron chi connectivity index (χ3n) is 11.9. The number of unbranched alkanes of at least 4 members (excludes halogenated alkanes) is 4. The molecule has 64 heavy (non-hydrogen) atoms. The van der Waals surface area contributed by atoms with E-state index < -0.39 is 68.8 Å². The molecule has 2 heterocycles. The van der Waals surface area contributed by atoms with Crippen molar-refractivity contribution in [3.8, 4) is 0 Å². The summed E-state index contributed by atoms with van der Waals surface area (Å²) in [6.45, 7) is 4.57. The number of aliphatic carboxylic acids is 1. The molecule has 16 nitrogen and oxygen atoms in total. The summed E-state index contributed by atoms with van der Waals surface area (Å²) < 4.78 is 137. The van der Waals surface area contributed by atoms with Gasteiger partial charge in [-0.3, -0.25) is 23.0 Å². The minimum absolute atomic E-state index is 0.00423. The van der Waals surface area contributed by atoms with E-state index in [4.69, 9.17) is 0 Å². The van der Waals surface area contributed by atoms with Crippen LogP contribution in [0.15, 0.2) is 113 Å². The number of anilines is 1. The summed E-state index contributed by atoms with van der Waals surface area (Å²) in [6.07, 6.45) is 12.2. The fourth-order valence-corrected chi connectivity index (χ4v) is 10.8. The van der Waals surface area contributed by atoms with Crippen molar-refractivity contribution in [2.75, 3.05) is 23.0 Å². The lowest BCUT2D eigenvalue weighted by Crippen LogP contribution is -2.31. The zero-order chi connectivity index (χ0) is 47.1. The molecule has 0 aromatic heterocycles. The predicted molar refractivity (Wildman–Crippen MR) is 243 cm³/mol. The van der Waals surface area contributed by atoms with Crippen molar-refractivity contribution in [2.24, 2.45) is 0 Å². The highest BCUT2D eigenvalue weighted by Crippen LogP contribution is 2.51. The molecule has 348 valence electrons. The first-order chi connectivity index (χ1) is 29.8. The molecule has 0 amide bonds. The molecule has 0 aliphatic carbocycles. The van der Waals surface area contributed by atoms with Crippen molar-refractivity contribution >= 4 is 63.5 Å². The SMILES string of the molecule is CC1(CCCCS(=O)(=O)O)C(/C=C/C=C/C=C2/N(CCCCCC(=O)O)c3ccc(S(=O)(=O)O)cc3C2(C)CCCCS(=O)(=O)O)=[N+](Cc2ccccc2)c2ccc(S(=O)(=O)O)cc21. The van der Waals surface area contributed by atoms with Gasteiger partial charge in [-0.2, -0.15) is 38.2 Å². The van der Waals surface area contributed by atoms with Crippen LogP contribution in [0.25, 0.3) is 0 Å². The summed E-state index contributed by atoms with van der Waals surface area (Å²) in [5.41, 5.74) is 3.05. The smallest absolute Gasteiger partial charge is 0.303 e. The van der Waals surface area contributed by atoms with Gasteiger partial charge in [-0.05, 0) is 94.3 Å². The molecule has 0 bridgehead atoms. The van der Waals surface area contributed by atoms with Gasteiger partial charge in [-0.15, -0.1) is 0 Å². The summed E-state index contributed by atoms with van der Waals surface area (Å²) in [4.78, 5) is 12.6. The Morgan fingerprint density at radius 3 is 1.81 bits per heavy atom. The fourth-order valence-electron chi connectivity index (χ4n) is 8.69. The van der Waals surface area contributed by atoms with Crippen LogP contribution in [0.3, 0.4) is 0 Å². The molecular formula is C44H55N2O14S4+. The second-order valence-corrected chi connectivity index (χ2v) is 22.6. The number of carboxylic acids is 1. The average Bonchev–Trinajstić information content (AvgIpc) is 3.56. The number of benzene rings is 3. The van der Waals surface area contributed by atoms with E-state index in [9.17, 15) is 61.8 Å². The maximum absolute atomic E-state index is 12.4. The van der Waals surface area contributed by atoms with E-state index in [2.05, 4.69) is 0 Å². The highest BCUT2D eigenvalue weighted by atomic mass is 32.2. The summed E-state index contributed by atoms with van der Waals surface area (Å²) in [5, 5.41) is 9.17. The van der Waals surface area contributed by atoms with Crippen LogP contribution in [0.4, 0.5) is 11.4 Å². The Hall–Kier alpha value is -4.54. The molecular weight excluding hydrogens is 909 g/mol. The van der Waals surface area contributed by atoms with Gasteiger partial charge in [0.05, 0.1) is 26.7 Å². The fraction of sp³-hybridized carbons (Fsp3) is 0.409. The Morgan fingerprint density at radius 1 is 0.656 bits per heavy atom. The first-order valence-electron chi connectivity index (χ1n) is 20.7. The Morgan fingerprint density at radius 2 is 1.23 bits per heavy atom. The van der Waals surface area contributed by atoms with Gasteiger partial charge in [-0.25, -0.2) is 0 Å². The van der Waals surface area contributed by atoms with Gasteiger partial charge >= 0.3 is 5.97 Å². The molecule has 0 saturated carbocycles. The minimum atomic E-state index is -4.61. The van der Waals surface area contributed by atoms with Crippen molar-refractivity contribution in [1.82, 2.24) is 0 Å². The predicted octanol–water partition coefficient (Wildman–Crippen LogP) is 7.27. The molecule has 3 aromatic rings. The van der Waals surface area contributed by atoms with Crippen molar-refractivity contribution in [3.63, 3.8) is 0 Å². The number of carbonyl (C=O) groups is 1. The maximum Gasteiger partial charge on any atom is 0.303 e. The summed E-state index contributed by atoms with van der Waals surface area (Å²) in [7, 11) is -17.7. The number of nitrogens with zero attached hydrogens (tertiary/aromatic N) is 2. The Bertz CT molecular complexity index is 2800. The molecule has 3 aromatic carbocycles. The van der Waals surface area contributed by atoms with Gasteiger partial charge in [0.25, 0.3) is 40.5 Å². The van der Waals surface area contributed by atoms with E-state index in [1.807, 2.05) is 65.8 Å². The molecule has 0 spiro atoms. The number of carboxylic acid groups (broad SMARTS) is 1. The van der Waals surface area contributed by atoms with Crippen LogP contribution in [-0.4, -0.2) is 91.3 Å². The molecule has 2 aliphatic heterocycles. The molecule has 0 saturated heterocycles. The van der Waals surface area contributed by atoms with E-state index in [0.29, 0.717) is 80.5 Å². The van der Waals surface area contributed by atoms with Gasteiger partial charge in [0.15, 0.2) is 12.3 Å². The Kier molecular flexibility index (Phi) is 16.0. The van der Waals surface area contributed by atoms with E-state index in [1.165, 1.54) is 24.3 Å². The van der Waals surface area contributed by atoms with Crippen LogP contribution >= 0.6 is 0 Å². The normalized spacial score (nSPS) is 19.9. The molecule has 2 aliphatic rings. The summed E-state index contributed by atoms with van der Waals surface area (Å²) >= 11 is 0. The van der Waals surface area contributed by atoms with Crippen LogP contribution in [0.5, 0.6) is 0 Å². The zero-order valence-electron chi connectivity index (χ0n) is 35.6. The first-order valence-corrected chi connectivity index (χ1v) is 26.8. The van der Waals surface area contributed by atoms with Gasteiger partial charge in [0.1, 0.15) is 0 Å². The number of hydrogen-bond acceptors (Lipinski definition) is 10. The molecule has 0 fully saturated rings. The number of rotatable bonds is 23. The van der Waals surface area contributed by atoms with Gasteiger partial charge in [0.2, 0.25) is 5.69 Å². The summed E-state index contributed by atoms with van der Waals surface area (Å²) in [5.74, 6) is -1.85. The van der Waals surface area contributed by atoms with Crippen molar-refractivity contribution < 1.29 is 66.4 Å². The Labute approximate surface area is 375 Å². The third kappa shape index (κ3) is 12.8. The van der Waals surface area contributed by atoms with Gasteiger partial charge in [-0.1, -0.05) is 67.8 Å². The molecule has 0 radical (unpaired) electrons. The lowest BCUT2D eigenvalue weighted by molar-refractivity contribution is -0.455. The summed E-state index contributed by atoms with van der Waals surface area (Å²) in [6, 6.07) is 18.2.